The minimum atomic E-state index is 0.120. The summed E-state index contributed by atoms with van der Waals surface area (Å²) in [6.07, 6.45) is 2.23. The van der Waals surface area contributed by atoms with Crippen molar-refractivity contribution in [3.8, 4) is 0 Å². The molecule has 0 heterocycles. The molecule has 72 valence electrons. The molecule has 2 heteroatoms. The standard InChI is InChI=1S/C10H21NO/c1-6-7-9(4)11(5)10(12)8(2)3/h8-9H,6-7H2,1-5H3. The predicted molar refractivity (Wildman–Crippen MR) is 52.0 cm³/mol. The average Bonchev–Trinajstić information content (AvgIpc) is 2.02. The summed E-state index contributed by atoms with van der Waals surface area (Å²) < 4.78 is 0. The summed E-state index contributed by atoms with van der Waals surface area (Å²) in [6, 6.07) is 0.380. The second kappa shape index (κ2) is 5.18. The first-order valence-electron chi connectivity index (χ1n) is 4.77. The highest BCUT2D eigenvalue weighted by molar-refractivity contribution is 5.78. The van der Waals surface area contributed by atoms with E-state index in [9.17, 15) is 4.79 Å². The van der Waals surface area contributed by atoms with Gasteiger partial charge >= 0.3 is 0 Å². The summed E-state index contributed by atoms with van der Waals surface area (Å²) in [7, 11) is 1.89. The maximum atomic E-state index is 11.5. The van der Waals surface area contributed by atoms with E-state index in [-0.39, 0.29) is 11.8 Å². The van der Waals surface area contributed by atoms with E-state index >= 15 is 0 Å². The van der Waals surface area contributed by atoms with Gasteiger partial charge in [-0.2, -0.15) is 0 Å². The number of carbonyl (C=O) groups is 1. The third kappa shape index (κ3) is 3.24. The van der Waals surface area contributed by atoms with E-state index in [4.69, 9.17) is 0 Å². The van der Waals surface area contributed by atoms with Crippen LogP contribution in [0.1, 0.15) is 40.5 Å². The van der Waals surface area contributed by atoms with Crippen molar-refractivity contribution in [1.29, 1.82) is 0 Å². The molecule has 0 aliphatic carbocycles. The van der Waals surface area contributed by atoms with Crippen LogP contribution in [0.25, 0.3) is 0 Å². The summed E-state index contributed by atoms with van der Waals surface area (Å²) in [4.78, 5) is 13.3. The smallest absolute Gasteiger partial charge is 0.225 e. The van der Waals surface area contributed by atoms with Gasteiger partial charge in [-0.05, 0) is 13.3 Å². The fourth-order valence-electron chi connectivity index (χ4n) is 1.24. The van der Waals surface area contributed by atoms with Crippen LogP contribution in [-0.4, -0.2) is 23.9 Å². The first-order valence-corrected chi connectivity index (χ1v) is 4.77. The molecule has 0 aliphatic rings. The Morgan fingerprint density at radius 2 is 1.83 bits per heavy atom. The number of carbonyl (C=O) groups excluding carboxylic acids is 1. The number of rotatable bonds is 4. The van der Waals surface area contributed by atoms with Crippen molar-refractivity contribution >= 4 is 5.91 Å². The lowest BCUT2D eigenvalue weighted by Crippen LogP contribution is -2.37. The third-order valence-electron chi connectivity index (χ3n) is 2.21. The lowest BCUT2D eigenvalue weighted by atomic mass is 10.1. The Morgan fingerprint density at radius 3 is 2.17 bits per heavy atom. The van der Waals surface area contributed by atoms with Gasteiger partial charge in [-0.15, -0.1) is 0 Å². The summed E-state index contributed by atoms with van der Waals surface area (Å²) in [6.45, 7) is 8.13. The molecule has 0 aliphatic heterocycles. The molecule has 0 rings (SSSR count). The molecule has 0 spiro atoms. The largest absolute Gasteiger partial charge is 0.343 e. The summed E-state index contributed by atoms with van der Waals surface area (Å²) >= 11 is 0. The molecule has 0 saturated carbocycles. The van der Waals surface area contributed by atoms with Gasteiger partial charge in [0.15, 0.2) is 0 Å². The molecule has 0 bridgehead atoms. The average molecular weight is 171 g/mol. The van der Waals surface area contributed by atoms with Crippen molar-refractivity contribution in [1.82, 2.24) is 4.90 Å². The molecular weight excluding hydrogens is 150 g/mol. The van der Waals surface area contributed by atoms with Gasteiger partial charge < -0.3 is 4.90 Å². The van der Waals surface area contributed by atoms with Crippen molar-refractivity contribution in [2.75, 3.05) is 7.05 Å². The Kier molecular flexibility index (Phi) is 4.95. The van der Waals surface area contributed by atoms with Crippen LogP contribution in [0.3, 0.4) is 0 Å². The van der Waals surface area contributed by atoms with Gasteiger partial charge in [0.05, 0.1) is 0 Å². The molecule has 0 aromatic rings. The lowest BCUT2D eigenvalue weighted by molar-refractivity contribution is -0.135. The van der Waals surface area contributed by atoms with E-state index in [1.807, 2.05) is 25.8 Å². The highest BCUT2D eigenvalue weighted by atomic mass is 16.2. The van der Waals surface area contributed by atoms with Gasteiger partial charge in [0.25, 0.3) is 0 Å². The molecule has 0 saturated heterocycles. The van der Waals surface area contributed by atoms with E-state index < -0.39 is 0 Å². The Morgan fingerprint density at radius 1 is 1.33 bits per heavy atom. The third-order valence-corrected chi connectivity index (χ3v) is 2.21. The number of hydrogen-bond donors (Lipinski definition) is 0. The van der Waals surface area contributed by atoms with Gasteiger partial charge in [-0.1, -0.05) is 27.2 Å². The molecule has 1 amide bonds. The maximum Gasteiger partial charge on any atom is 0.225 e. The van der Waals surface area contributed by atoms with Crippen molar-refractivity contribution < 1.29 is 4.79 Å². The Hall–Kier alpha value is -0.530. The van der Waals surface area contributed by atoms with Crippen LogP contribution < -0.4 is 0 Å². The molecule has 1 atom stereocenters. The monoisotopic (exact) mass is 171 g/mol. The molecule has 0 aromatic heterocycles. The minimum Gasteiger partial charge on any atom is -0.343 e. The zero-order valence-electron chi connectivity index (χ0n) is 8.92. The highest BCUT2D eigenvalue weighted by Crippen LogP contribution is 2.08. The Balaban J connectivity index is 4.00. The van der Waals surface area contributed by atoms with Crippen LogP contribution in [0, 0.1) is 5.92 Å². The minimum absolute atomic E-state index is 0.120. The van der Waals surface area contributed by atoms with Crippen molar-refractivity contribution in [2.24, 2.45) is 5.92 Å². The van der Waals surface area contributed by atoms with E-state index in [1.54, 1.807) is 0 Å². The number of hydrogen-bond acceptors (Lipinski definition) is 1. The normalized spacial score (nSPS) is 13.2. The van der Waals surface area contributed by atoms with Crippen LogP contribution in [0.4, 0.5) is 0 Å². The second-order valence-corrected chi connectivity index (χ2v) is 3.74. The molecule has 0 aromatic carbocycles. The molecule has 0 radical (unpaired) electrons. The zero-order valence-corrected chi connectivity index (χ0v) is 8.92. The topological polar surface area (TPSA) is 20.3 Å². The van der Waals surface area contributed by atoms with Crippen LogP contribution in [0.5, 0.6) is 0 Å². The van der Waals surface area contributed by atoms with Crippen molar-refractivity contribution in [2.45, 2.75) is 46.6 Å². The fourth-order valence-corrected chi connectivity index (χ4v) is 1.24. The molecule has 0 N–H and O–H groups in total. The second-order valence-electron chi connectivity index (χ2n) is 3.74. The maximum absolute atomic E-state index is 11.5. The first kappa shape index (κ1) is 11.5. The lowest BCUT2D eigenvalue weighted by Gasteiger charge is -2.26. The van der Waals surface area contributed by atoms with Gasteiger partial charge in [0, 0.05) is 19.0 Å². The Bertz CT molecular complexity index is 143. The van der Waals surface area contributed by atoms with Gasteiger partial charge in [-0.3, -0.25) is 4.79 Å². The van der Waals surface area contributed by atoms with Gasteiger partial charge in [0.2, 0.25) is 5.91 Å². The van der Waals surface area contributed by atoms with E-state index in [2.05, 4.69) is 13.8 Å². The number of amides is 1. The van der Waals surface area contributed by atoms with Gasteiger partial charge in [0.1, 0.15) is 0 Å². The van der Waals surface area contributed by atoms with E-state index in [0.717, 1.165) is 12.8 Å². The molecule has 0 fully saturated rings. The van der Waals surface area contributed by atoms with Crippen molar-refractivity contribution in [3.05, 3.63) is 0 Å². The quantitative estimate of drug-likeness (QED) is 0.635. The van der Waals surface area contributed by atoms with E-state index in [1.165, 1.54) is 0 Å². The predicted octanol–water partition coefficient (Wildman–Crippen LogP) is 2.29. The summed E-state index contributed by atoms with van der Waals surface area (Å²) in [5, 5.41) is 0. The fraction of sp³-hybridized carbons (Fsp3) is 0.900. The first-order chi connectivity index (χ1) is 5.50. The molecule has 2 nitrogen and oxygen atoms in total. The summed E-state index contributed by atoms with van der Waals surface area (Å²) in [5.41, 5.74) is 0. The zero-order chi connectivity index (χ0) is 9.72. The van der Waals surface area contributed by atoms with Crippen LogP contribution in [0.15, 0.2) is 0 Å². The van der Waals surface area contributed by atoms with Crippen LogP contribution in [-0.2, 0) is 4.79 Å². The highest BCUT2D eigenvalue weighted by Gasteiger charge is 2.17. The molecule has 1 unspecified atom stereocenters. The van der Waals surface area contributed by atoms with Crippen LogP contribution >= 0.6 is 0 Å². The SMILES string of the molecule is CCCC(C)N(C)C(=O)C(C)C. The molecular formula is C10H21NO. The van der Waals surface area contributed by atoms with E-state index in [0.29, 0.717) is 6.04 Å². The van der Waals surface area contributed by atoms with Crippen molar-refractivity contribution in [3.63, 3.8) is 0 Å². The summed E-state index contributed by atoms with van der Waals surface area (Å²) in [5.74, 6) is 0.366. The van der Waals surface area contributed by atoms with Gasteiger partial charge in [-0.25, -0.2) is 0 Å². The Labute approximate surface area is 75.9 Å². The molecule has 12 heavy (non-hydrogen) atoms. The number of nitrogens with zero attached hydrogens (tertiary/aromatic N) is 1. The van der Waals surface area contributed by atoms with Crippen LogP contribution in [0.2, 0.25) is 0 Å².